The lowest BCUT2D eigenvalue weighted by atomic mass is 10.0. The number of ether oxygens (including phenoxy) is 1. The van der Waals surface area contributed by atoms with E-state index in [1.165, 1.54) is 31.5 Å². The molecule has 0 radical (unpaired) electrons. The van der Waals surface area contributed by atoms with Gasteiger partial charge in [-0.1, -0.05) is 12.1 Å². The van der Waals surface area contributed by atoms with Crippen LogP contribution in [0.25, 0.3) is 22.5 Å². The summed E-state index contributed by atoms with van der Waals surface area (Å²) < 4.78 is 20.0. The average Bonchev–Trinajstić information content (AvgIpc) is 3.63. The van der Waals surface area contributed by atoms with Crippen LogP contribution in [0.2, 0.25) is 0 Å². The van der Waals surface area contributed by atoms with E-state index in [1.54, 1.807) is 30.6 Å². The molecule has 0 unspecified atom stereocenters. The van der Waals surface area contributed by atoms with Gasteiger partial charge in [0.1, 0.15) is 17.3 Å². The minimum atomic E-state index is -0.570. The van der Waals surface area contributed by atoms with Gasteiger partial charge in [-0.05, 0) is 48.4 Å². The summed E-state index contributed by atoms with van der Waals surface area (Å²) >= 11 is 0. The number of piperazine rings is 1. The number of nitrogens with zero attached hydrogens (tertiary/aromatic N) is 5. The van der Waals surface area contributed by atoms with E-state index in [4.69, 9.17) is 4.74 Å². The number of carbonyl (C=O) groups is 1. The maximum absolute atomic E-state index is 14.7. The normalized spacial score (nSPS) is 19.2. The van der Waals surface area contributed by atoms with Gasteiger partial charge in [0.2, 0.25) is 0 Å². The number of nitriles is 1. The molecule has 2 aromatic heterocycles. The Bertz CT molecular complexity index is 1670. The Morgan fingerprint density at radius 3 is 2.95 bits per heavy atom. The number of rotatable bonds is 7. The second-order valence-electron chi connectivity index (χ2n) is 9.86. The molecule has 2 fully saturated rings. The van der Waals surface area contributed by atoms with E-state index in [2.05, 4.69) is 36.6 Å². The fourth-order valence-electron chi connectivity index (χ4n) is 5.73. The van der Waals surface area contributed by atoms with Crippen molar-refractivity contribution in [2.75, 3.05) is 30.5 Å². The number of carbonyl (C=O) groups excluding carboxylic acids is 1. The first-order valence-corrected chi connectivity index (χ1v) is 13.1. The van der Waals surface area contributed by atoms with Gasteiger partial charge in [-0.2, -0.15) is 5.26 Å². The maximum atomic E-state index is 14.7. The summed E-state index contributed by atoms with van der Waals surface area (Å²) in [6.07, 6.45) is 5.46. The Morgan fingerprint density at radius 1 is 1.27 bits per heavy atom. The smallest absolute Gasteiger partial charge is 0.274 e. The fraction of sp³-hybridized carbons (Fsp3) is 0.233. The SMILES string of the molecule is COc1cccc(F)c1-c1nccc(C(=O)Nc2ccc(-c3cnccc3C#N)cc2N2[C@@H]3CN[C@@H](C3)[C@H]2CO)n1. The molecule has 2 bridgehead atoms. The predicted octanol–water partition coefficient (Wildman–Crippen LogP) is 3.39. The summed E-state index contributed by atoms with van der Waals surface area (Å²) in [5, 5.41) is 26.3. The maximum Gasteiger partial charge on any atom is 0.274 e. The van der Waals surface area contributed by atoms with Crippen LogP contribution in [0, 0.1) is 17.1 Å². The van der Waals surface area contributed by atoms with Crippen LogP contribution in [0.15, 0.2) is 67.1 Å². The highest BCUT2D eigenvalue weighted by molar-refractivity contribution is 6.05. The van der Waals surface area contributed by atoms with E-state index < -0.39 is 11.7 Å². The number of hydrogen-bond donors (Lipinski definition) is 3. The third-order valence-electron chi connectivity index (χ3n) is 7.63. The Balaban J connectivity index is 1.39. The number of amides is 1. The van der Waals surface area contributed by atoms with E-state index in [-0.39, 0.29) is 47.6 Å². The second kappa shape index (κ2) is 10.9. The fourth-order valence-corrected chi connectivity index (χ4v) is 5.73. The first kappa shape index (κ1) is 26.3. The quantitative estimate of drug-likeness (QED) is 0.316. The molecular weight excluding hydrogens is 525 g/mol. The molecular formula is C30H26FN7O3. The molecule has 3 atom stereocenters. The molecule has 4 aromatic rings. The summed E-state index contributed by atoms with van der Waals surface area (Å²) in [5.41, 5.74) is 3.21. The Morgan fingerprint density at radius 2 is 2.15 bits per heavy atom. The number of hydrogen-bond acceptors (Lipinski definition) is 9. The zero-order chi connectivity index (χ0) is 28.5. The third-order valence-corrected chi connectivity index (χ3v) is 7.63. The van der Waals surface area contributed by atoms with Gasteiger partial charge < -0.3 is 25.4 Å². The molecule has 0 spiro atoms. The van der Waals surface area contributed by atoms with Crippen LogP contribution >= 0.6 is 0 Å². The van der Waals surface area contributed by atoms with E-state index in [0.29, 0.717) is 22.5 Å². The highest BCUT2D eigenvalue weighted by Crippen LogP contribution is 2.41. The number of nitrogens with one attached hydrogen (secondary N) is 2. The molecule has 206 valence electrons. The topological polar surface area (TPSA) is 136 Å². The van der Waals surface area contributed by atoms with Crippen molar-refractivity contribution in [1.82, 2.24) is 20.3 Å². The lowest BCUT2D eigenvalue weighted by molar-refractivity contribution is 0.102. The van der Waals surface area contributed by atoms with Crippen LogP contribution in [0.3, 0.4) is 0 Å². The van der Waals surface area contributed by atoms with Crippen LogP contribution in [0.4, 0.5) is 15.8 Å². The Kier molecular flexibility index (Phi) is 7.01. The number of halogens is 1. The standard InChI is InChI=1S/C30H26FN7O3/c1-41-27-4-2-3-21(31)28(27)29-34-10-8-23(36-29)30(40)37-22-6-5-17(20-15-33-9-7-18(20)13-32)11-25(22)38-19-12-24(35-14-19)26(38)16-39/h2-11,15,19,24,26,35,39H,12,14,16H2,1H3,(H,37,40)/t19-,24-,26+/m0/s1. The number of aromatic nitrogens is 3. The van der Waals surface area contributed by atoms with E-state index in [9.17, 15) is 19.6 Å². The first-order chi connectivity index (χ1) is 20.0. The molecule has 2 aliphatic rings. The van der Waals surface area contributed by atoms with Crippen molar-refractivity contribution >= 4 is 17.3 Å². The minimum Gasteiger partial charge on any atom is -0.496 e. The molecule has 1 amide bonds. The molecule has 2 aliphatic heterocycles. The number of methoxy groups -OCH3 is 1. The lowest BCUT2D eigenvalue weighted by Gasteiger charge is -2.38. The van der Waals surface area contributed by atoms with Gasteiger partial charge >= 0.3 is 0 Å². The number of aliphatic hydroxyl groups excluding tert-OH is 1. The highest BCUT2D eigenvalue weighted by atomic mass is 19.1. The van der Waals surface area contributed by atoms with E-state index in [0.717, 1.165) is 18.5 Å². The number of aliphatic hydroxyl groups is 1. The molecule has 0 aliphatic carbocycles. The lowest BCUT2D eigenvalue weighted by Crippen LogP contribution is -2.53. The van der Waals surface area contributed by atoms with Gasteiger partial charge in [-0.15, -0.1) is 0 Å². The van der Waals surface area contributed by atoms with Gasteiger partial charge in [0.05, 0.1) is 48.3 Å². The molecule has 3 N–H and O–H groups in total. The number of anilines is 2. The molecule has 4 heterocycles. The van der Waals surface area contributed by atoms with Crippen molar-refractivity contribution in [3.05, 3.63) is 84.2 Å². The van der Waals surface area contributed by atoms with Crippen molar-refractivity contribution in [2.24, 2.45) is 0 Å². The van der Waals surface area contributed by atoms with Crippen molar-refractivity contribution in [2.45, 2.75) is 24.5 Å². The van der Waals surface area contributed by atoms with Gasteiger partial charge in [0.15, 0.2) is 5.82 Å². The number of benzene rings is 2. The molecule has 2 saturated heterocycles. The number of pyridine rings is 1. The van der Waals surface area contributed by atoms with Crippen LogP contribution in [-0.2, 0) is 0 Å². The summed E-state index contributed by atoms with van der Waals surface area (Å²) in [6.45, 7) is 0.677. The predicted molar refractivity (Wildman–Crippen MR) is 150 cm³/mol. The second-order valence-corrected chi connectivity index (χ2v) is 9.86. The number of fused-ring (bicyclic) bond motifs is 2. The van der Waals surface area contributed by atoms with Gasteiger partial charge in [-0.3, -0.25) is 9.78 Å². The summed E-state index contributed by atoms with van der Waals surface area (Å²) in [6, 6.07) is 15.2. The third kappa shape index (κ3) is 4.73. The van der Waals surface area contributed by atoms with Crippen LogP contribution in [0.1, 0.15) is 22.5 Å². The Labute approximate surface area is 235 Å². The molecule has 6 rings (SSSR count). The largest absolute Gasteiger partial charge is 0.496 e. The molecule has 11 heteroatoms. The van der Waals surface area contributed by atoms with Gasteiger partial charge in [-0.25, -0.2) is 14.4 Å². The van der Waals surface area contributed by atoms with Crippen molar-refractivity contribution in [3.63, 3.8) is 0 Å². The molecule has 0 saturated carbocycles. The zero-order valence-corrected chi connectivity index (χ0v) is 22.1. The van der Waals surface area contributed by atoms with Crippen molar-refractivity contribution in [3.8, 4) is 34.3 Å². The van der Waals surface area contributed by atoms with E-state index >= 15 is 0 Å². The minimum absolute atomic E-state index is 0.0204. The molecule has 10 nitrogen and oxygen atoms in total. The van der Waals surface area contributed by atoms with Gasteiger partial charge in [0.25, 0.3) is 5.91 Å². The summed E-state index contributed by atoms with van der Waals surface area (Å²) in [5.74, 6) is -0.813. The first-order valence-electron chi connectivity index (χ1n) is 13.1. The van der Waals surface area contributed by atoms with Crippen molar-refractivity contribution < 1.29 is 19.0 Å². The highest BCUT2D eigenvalue weighted by Gasteiger charge is 2.46. The molecule has 41 heavy (non-hydrogen) atoms. The summed E-state index contributed by atoms with van der Waals surface area (Å²) in [7, 11) is 1.42. The van der Waals surface area contributed by atoms with Crippen LogP contribution < -0.4 is 20.3 Å². The van der Waals surface area contributed by atoms with Gasteiger partial charge in [0, 0.05) is 42.8 Å². The van der Waals surface area contributed by atoms with Crippen molar-refractivity contribution in [1.29, 1.82) is 5.26 Å². The van der Waals surface area contributed by atoms with E-state index in [1.807, 2.05) is 12.1 Å². The van der Waals surface area contributed by atoms with Crippen LogP contribution in [-0.4, -0.2) is 64.4 Å². The molecule has 2 aromatic carbocycles. The Hall–Kier alpha value is -4.92. The summed E-state index contributed by atoms with van der Waals surface area (Å²) in [4.78, 5) is 28.4. The van der Waals surface area contributed by atoms with Crippen LogP contribution in [0.5, 0.6) is 5.75 Å². The average molecular weight is 552 g/mol. The monoisotopic (exact) mass is 551 g/mol. The zero-order valence-electron chi connectivity index (χ0n) is 22.1.